The molecule has 0 aromatic carbocycles. The lowest BCUT2D eigenvalue weighted by molar-refractivity contribution is -0.122. The second-order valence-corrected chi connectivity index (χ2v) is 4.84. The monoisotopic (exact) mass is 235 g/mol. The van der Waals surface area contributed by atoms with Crippen LogP contribution >= 0.6 is 0 Å². The van der Waals surface area contributed by atoms with Crippen molar-refractivity contribution >= 4 is 22.5 Å². The van der Waals surface area contributed by atoms with Crippen LogP contribution in [0.2, 0.25) is 0 Å². The van der Waals surface area contributed by atoms with Gasteiger partial charge in [0.25, 0.3) is 0 Å². The predicted molar refractivity (Wildman–Crippen MR) is 59.1 cm³/mol. The van der Waals surface area contributed by atoms with Gasteiger partial charge in [-0.05, 0) is 6.92 Å². The van der Waals surface area contributed by atoms with E-state index in [9.17, 15) is 9.00 Å². The molecule has 15 heavy (non-hydrogen) atoms. The maximum atomic E-state index is 11.3. The molecule has 0 aliphatic heterocycles. The number of nitrogens with zero attached hydrogens (tertiary/aromatic N) is 1. The minimum absolute atomic E-state index is 0.135. The second-order valence-electron chi connectivity index (χ2n) is 2.97. The number of hydrogen-bond donors (Lipinski definition) is 3. The molecule has 0 radical (unpaired) electrons. The summed E-state index contributed by atoms with van der Waals surface area (Å²) in [7, 11) is -0.895. The number of carbonyl (C=O) groups is 1. The van der Waals surface area contributed by atoms with Gasteiger partial charge in [0, 0.05) is 28.9 Å². The van der Waals surface area contributed by atoms with Crippen molar-refractivity contribution in [2.45, 2.75) is 13.8 Å². The molecule has 6 nitrogen and oxygen atoms in total. The summed E-state index contributed by atoms with van der Waals surface area (Å²) in [6, 6.07) is 0. The summed E-state index contributed by atoms with van der Waals surface area (Å²) >= 11 is 0. The topological polar surface area (TPSA) is 105 Å². The third kappa shape index (κ3) is 5.36. The van der Waals surface area contributed by atoms with Crippen LogP contribution in [0.5, 0.6) is 0 Å². The lowest BCUT2D eigenvalue weighted by Gasteiger charge is -2.09. The highest BCUT2D eigenvalue weighted by molar-refractivity contribution is 7.84. The van der Waals surface area contributed by atoms with E-state index < -0.39 is 16.7 Å². The number of amides is 1. The molecule has 0 aliphatic rings. The number of carbonyl (C=O) groups excluding carboxylic acids is 1. The summed E-state index contributed by atoms with van der Waals surface area (Å²) in [6.07, 6.45) is 0. The Kier molecular flexibility index (Phi) is 6.68. The average Bonchev–Trinajstić information content (AvgIpc) is 2.26. The van der Waals surface area contributed by atoms with Gasteiger partial charge in [0.05, 0.1) is 5.92 Å². The van der Waals surface area contributed by atoms with E-state index in [1.54, 1.807) is 0 Å². The molecule has 2 atom stereocenters. The molecular formula is C8H17N3O3S. The van der Waals surface area contributed by atoms with Crippen LogP contribution in [0, 0.1) is 5.92 Å². The molecule has 1 amide bonds. The highest BCUT2D eigenvalue weighted by Crippen LogP contribution is 1.94. The van der Waals surface area contributed by atoms with Crippen molar-refractivity contribution in [3.8, 4) is 0 Å². The fraction of sp³-hybridized carbons (Fsp3) is 0.750. The minimum Gasteiger partial charge on any atom is -0.409 e. The van der Waals surface area contributed by atoms with E-state index in [0.29, 0.717) is 18.1 Å². The van der Waals surface area contributed by atoms with Crippen LogP contribution in [-0.2, 0) is 15.6 Å². The largest absolute Gasteiger partial charge is 0.409 e. The van der Waals surface area contributed by atoms with E-state index in [-0.39, 0.29) is 11.7 Å². The van der Waals surface area contributed by atoms with Crippen molar-refractivity contribution < 1.29 is 14.2 Å². The molecule has 4 N–H and O–H groups in total. The number of rotatable bonds is 6. The van der Waals surface area contributed by atoms with Crippen molar-refractivity contribution in [1.82, 2.24) is 5.32 Å². The Balaban J connectivity index is 3.89. The Morgan fingerprint density at radius 2 is 2.27 bits per heavy atom. The molecule has 0 aromatic rings. The van der Waals surface area contributed by atoms with Crippen LogP contribution in [-0.4, -0.2) is 39.2 Å². The first kappa shape index (κ1) is 13.9. The number of hydrogen-bond acceptors (Lipinski definition) is 4. The smallest absolute Gasteiger partial charge is 0.230 e. The number of nitrogens with one attached hydrogen (secondary N) is 1. The maximum absolute atomic E-state index is 11.3. The van der Waals surface area contributed by atoms with Gasteiger partial charge in [-0.25, -0.2) is 0 Å². The predicted octanol–water partition coefficient (Wildman–Crippen LogP) is -0.746. The average molecular weight is 235 g/mol. The van der Waals surface area contributed by atoms with E-state index in [0.717, 1.165) is 0 Å². The van der Waals surface area contributed by atoms with Crippen LogP contribution in [0.3, 0.4) is 0 Å². The summed E-state index contributed by atoms with van der Waals surface area (Å²) in [4.78, 5) is 11.3. The molecule has 88 valence electrons. The first-order chi connectivity index (χ1) is 7.02. The zero-order valence-electron chi connectivity index (χ0n) is 8.90. The first-order valence-corrected chi connectivity index (χ1v) is 6.11. The Morgan fingerprint density at radius 1 is 1.67 bits per heavy atom. The van der Waals surface area contributed by atoms with E-state index in [1.807, 2.05) is 6.92 Å². The third-order valence-corrected chi connectivity index (χ3v) is 3.21. The van der Waals surface area contributed by atoms with Gasteiger partial charge in [-0.1, -0.05) is 12.1 Å². The van der Waals surface area contributed by atoms with Crippen LogP contribution in [0.25, 0.3) is 0 Å². The summed E-state index contributed by atoms with van der Waals surface area (Å²) in [6.45, 7) is 3.68. The molecule has 0 aliphatic carbocycles. The van der Waals surface area contributed by atoms with Crippen LogP contribution in [0.1, 0.15) is 13.8 Å². The third-order valence-electron chi connectivity index (χ3n) is 1.90. The Hall–Kier alpha value is -1.11. The molecule has 0 fully saturated rings. The van der Waals surface area contributed by atoms with Crippen LogP contribution in [0.4, 0.5) is 0 Å². The van der Waals surface area contributed by atoms with Crippen molar-refractivity contribution in [2.75, 3.05) is 18.1 Å². The van der Waals surface area contributed by atoms with E-state index in [4.69, 9.17) is 10.9 Å². The number of oxime groups is 1. The summed E-state index contributed by atoms with van der Waals surface area (Å²) in [5.41, 5.74) is 5.25. The van der Waals surface area contributed by atoms with E-state index in [2.05, 4.69) is 10.5 Å². The quantitative estimate of drug-likeness (QED) is 0.244. The lowest BCUT2D eigenvalue weighted by Crippen LogP contribution is -2.38. The normalized spacial score (nSPS) is 15.7. The summed E-state index contributed by atoms with van der Waals surface area (Å²) in [5, 5.41) is 13.6. The van der Waals surface area contributed by atoms with Gasteiger partial charge in [-0.15, -0.1) is 0 Å². The summed E-state index contributed by atoms with van der Waals surface area (Å²) < 4.78 is 11.0. The number of nitrogens with two attached hydrogens (primary N) is 1. The Morgan fingerprint density at radius 3 is 2.73 bits per heavy atom. The molecule has 0 rings (SSSR count). The minimum atomic E-state index is -0.895. The highest BCUT2D eigenvalue weighted by atomic mass is 32.2. The van der Waals surface area contributed by atoms with Gasteiger partial charge in [-0.3, -0.25) is 9.00 Å². The van der Waals surface area contributed by atoms with Crippen LogP contribution in [0.15, 0.2) is 5.16 Å². The maximum Gasteiger partial charge on any atom is 0.230 e. The highest BCUT2D eigenvalue weighted by Gasteiger charge is 2.16. The van der Waals surface area contributed by atoms with Crippen molar-refractivity contribution in [3.63, 3.8) is 0 Å². The van der Waals surface area contributed by atoms with Gasteiger partial charge in [-0.2, -0.15) is 0 Å². The van der Waals surface area contributed by atoms with Crippen molar-refractivity contribution in [2.24, 2.45) is 16.8 Å². The molecule has 0 spiro atoms. The van der Waals surface area contributed by atoms with Crippen LogP contribution < -0.4 is 11.1 Å². The number of amidine groups is 1. The summed E-state index contributed by atoms with van der Waals surface area (Å²) in [5.74, 6) is -0.149. The molecule has 7 heteroatoms. The molecule has 0 saturated heterocycles. The fourth-order valence-corrected chi connectivity index (χ4v) is 1.42. The van der Waals surface area contributed by atoms with Gasteiger partial charge in [0.2, 0.25) is 5.91 Å². The standard InChI is InChI=1S/C8H17N3O3S/c1-3-15(14)5-4-10-8(12)6(2)7(9)11-13/h6,13H,3-5H2,1-2H3,(H2,9,11)(H,10,12). The molecule has 0 heterocycles. The van der Waals surface area contributed by atoms with Gasteiger partial charge in [0.15, 0.2) is 5.84 Å². The molecular weight excluding hydrogens is 218 g/mol. The Bertz CT molecular complexity index is 268. The molecule has 0 saturated carbocycles. The van der Waals surface area contributed by atoms with E-state index >= 15 is 0 Å². The zero-order valence-corrected chi connectivity index (χ0v) is 9.71. The van der Waals surface area contributed by atoms with Gasteiger partial charge < -0.3 is 16.3 Å². The fourth-order valence-electron chi connectivity index (χ4n) is 0.806. The molecule has 0 aromatic heterocycles. The van der Waals surface area contributed by atoms with Crippen molar-refractivity contribution in [3.05, 3.63) is 0 Å². The lowest BCUT2D eigenvalue weighted by atomic mass is 10.1. The Labute approximate surface area is 91.4 Å². The van der Waals surface area contributed by atoms with Crippen molar-refractivity contribution in [1.29, 1.82) is 0 Å². The first-order valence-electron chi connectivity index (χ1n) is 4.63. The van der Waals surface area contributed by atoms with Gasteiger partial charge in [0.1, 0.15) is 0 Å². The molecule has 2 unspecified atom stereocenters. The zero-order chi connectivity index (χ0) is 11.8. The second kappa shape index (κ2) is 7.22. The van der Waals surface area contributed by atoms with Gasteiger partial charge >= 0.3 is 0 Å². The molecule has 0 bridgehead atoms. The SMILES string of the molecule is CCS(=O)CCNC(=O)C(C)C(N)=NO. The van der Waals surface area contributed by atoms with E-state index in [1.165, 1.54) is 6.92 Å².